The highest BCUT2D eigenvalue weighted by atomic mass is 16.6. The Kier molecular flexibility index (Phi) is 6.83. The Labute approximate surface area is 169 Å². The van der Waals surface area contributed by atoms with E-state index in [1.165, 1.54) is 13.4 Å². The van der Waals surface area contributed by atoms with Gasteiger partial charge in [-0.1, -0.05) is 12.1 Å². The van der Waals surface area contributed by atoms with Crippen LogP contribution in [0.15, 0.2) is 36.7 Å². The second kappa shape index (κ2) is 9.72. The molecule has 29 heavy (non-hydrogen) atoms. The summed E-state index contributed by atoms with van der Waals surface area (Å²) in [5, 5.41) is 6.53. The van der Waals surface area contributed by atoms with E-state index in [9.17, 15) is 9.59 Å². The van der Waals surface area contributed by atoms with Crippen LogP contribution >= 0.6 is 0 Å². The van der Waals surface area contributed by atoms with E-state index >= 15 is 0 Å². The zero-order chi connectivity index (χ0) is 20.6. The van der Waals surface area contributed by atoms with Gasteiger partial charge in [-0.2, -0.15) is 0 Å². The van der Waals surface area contributed by atoms with Crippen LogP contribution in [0.25, 0.3) is 0 Å². The van der Waals surface area contributed by atoms with Gasteiger partial charge in [0.1, 0.15) is 18.0 Å². The molecule has 9 heteroatoms. The summed E-state index contributed by atoms with van der Waals surface area (Å²) in [5.41, 5.74) is 1.03. The number of hydrogen-bond donors (Lipinski definition) is 2. The molecule has 1 aliphatic rings. The van der Waals surface area contributed by atoms with E-state index in [0.717, 1.165) is 12.8 Å². The highest BCUT2D eigenvalue weighted by Crippen LogP contribution is 2.22. The van der Waals surface area contributed by atoms with E-state index in [4.69, 9.17) is 9.47 Å². The van der Waals surface area contributed by atoms with Crippen molar-refractivity contribution in [3.05, 3.63) is 42.2 Å². The summed E-state index contributed by atoms with van der Waals surface area (Å²) in [7, 11) is 1.35. The molecule has 1 saturated heterocycles. The average Bonchev–Trinajstić information content (AvgIpc) is 2.74. The number of para-hydroxylation sites is 1. The number of nitrogens with one attached hydrogen (secondary N) is 2. The summed E-state index contributed by atoms with van der Waals surface area (Å²) in [6, 6.07) is 9.05. The van der Waals surface area contributed by atoms with Crippen molar-refractivity contribution in [1.82, 2.24) is 14.9 Å². The van der Waals surface area contributed by atoms with Gasteiger partial charge in [-0.05, 0) is 31.9 Å². The first-order chi connectivity index (χ1) is 14.1. The molecule has 1 fully saturated rings. The second-order valence-corrected chi connectivity index (χ2v) is 6.56. The Balaban J connectivity index is 1.61. The van der Waals surface area contributed by atoms with E-state index in [1.54, 1.807) is 36.1 Å². The number of rotatable bonds is 6. The molecule has 2 heterocycles. The molecule has 1 amide bonds. The monoisotopic (exact) mass is 399 g/mol. The van der Waals surface area contributed by atoms with Gasteiger partial charge in [0.15, 0.2) is 0 Å². The molecule has 0 radical (unpaired) electrons. The minimum atomic E-state index is -0.422. The number of methoxy groups -OCH3 is 1. The van der Waals surface area contributed by atoms with Crippen LogP contribution in [0.3, 0.4) is 0 Å². The Morgan fingerprint density at radius 3 is 2.62 bits per heavy atom. The van der Waals surface area contributed by atoms with Crippen LogP contribution in [-0.2, 0) is 9.47 Å². The van der Waals surface area contributed by atoms with Crippen molar-refractivity contribution in [2.24, 2.45) is 0 Å². The summed E-state index contributed by atoms with van der Waals surface area (Å²) in [6.07, 6.45) is 2.80. The van der Waals surface area contributed by atoms with Crippen LogP contribution in [0.2, 0.25) is 0 Å². The van der Waals surface area contributed by atoms with Crippen molar-refractivity contribution in [3.8, 4) is 0 Å². The number of carbonyl (C=O) groups excluding carboxylic acids is 2. The highest BCUT2D eigenvalue weighted by molar-refractivity contribution is 5.96. The van der Waals surface area contributed by atoms with Crippen LogP contribution < -0.4 is 10.6 Å². The molecule has 1 aromatic heterocycles. The van der Waals surface area contributed by atoms with Gasteiger partial charge in [-0.25, -0.2) is 19.6 Å². The van der Waals surface area contributed by atoms with Crippen molar-refractivity contribution in [1.29, 1.82) is 0 Å². The van der Waals surface area contributed by atoms with Crippen LogP contribution in [-0.4, -0.2) is 59.8 Å². The molecule has 2 N–H and O–H groups in total. The SMILES string of the molecule is CCOC(=O)N1CCC(Nc2cc(Nc3ccccc3C(=O)OC)ncn2)CC1. The molecule has 0 saturated carbocycles. The topological polar surface area (TPSA) is 106 Å². The number of ether oxygens (including phenoxy) is 2. The quantitative estimate of drug-likeness (QED) is 0.714. The first kappa shape index (κ1) is 20.4. The second-order valence-electron chi connectivity index (χ2n) is 6.56. The van der Waals surface area contributed by atoms with E-state index in [0.29, 0.717) is 42.6 Å². The predicted molar refractivity (Wildman–Crippen MR) is 108 cm³/mol. The maximum atomic E-state index is 11.9. The minimum absolute atomic E-state index is 0.200. The number of aromatic nitrogens is 2. The van der Waals surface area contributed by atoms with Crippen LogP contribution in [0, 0.1) is 0 Å². The maximum Gasteiger partial charge on any atom is 0.409 e. The van der Waals surface area contributed by atoms with Crippen LogP contribution in [0.4, 0.5) is 22.1 Å². The Bertz CT molecular complexity index is 852. The van der Waals surface area contributed by atoms with Crippen molar-refractivity contribution in [2.75, 3.05) is 37.4 Å². The molecule has 0 unspecified atom stereocenters. The fourth-order valence-corrected chi connectivity index (χ4v) is 3.15. The van der Waals surface area contributed by atoms with Gasteiger partial charge in [-0.15, -0.1) is 0 Å². The number of hydrogen-bond acceptors (Lipinski definition) is 8. The molecular weight excluding hydrogens is 374 g/mol. The zero-order valence-electron chi connectivity index (χ0n) is 16.6. The molecule has 0 atom stereocenters. The number of benzene rings is 1. The Morgan fingerprint density at radius 1 is 1.17 bits per heavy atom. The smallest absolute Gasteiger partial charge is 0.409 e. The van der Waals surface area contributed by atoms with Crippen molar-refractivity contribution < 1.29 is 19.1 Å². The van der Waals surface area contributed by atoms with Crippen molar-refractivity contribution >= 4 is 29.4 Å². The molecule has 9 nitrogen and oxygen atoms in total. The number of likely N-dealkylation sites (tertiary alicyclic amines) is 1. The van der Waals surface area contributed by atoms with Gasteiger partial charge in [0, 0.05) is 25.2 Å². The molecule has 1 aliphatic heterocycles. The molecule has 3 rings (SSSR count). The summed E-state index contributed by atoms with van der Waals surface area (Å²) in [6.45, 7) is 3.46. The number of amides is 1. The number of esters is 1. The lowest BCUT2D eigenvalue weighted by atomic mass is 10.1. The Hall–Kier alpha value is -3.36. The number of nitrogens with zero attached hydrogens (tertiary/aromatic N) is 3. The first-order valence-corrected chi connectivity index (χ1v) is 9.55. The largest absolute Gasteiger partial charge is 0.465 e. The first-order valence-electron chi connectivity index (χ1n) is 9.55. The molecule has 0 aliphatic carbocycles. The summed E-state index contributed by atoms with van der Waals surface area (Å²) in [4.78, 5) is 33.9. The lowest BCUT2D eigenvalue weighted by Crippen LogP contribution is -2.42. The molecule has 0 bridgehead atoms. The predicted octanol–water partition coefficient (Wildman–Crippen LogP) is 3.04. The molecule has 1 aromatic carbocycles. The molecule has 154 valence electrons. The van der Waals surface area contributed by atoms with Gasteiger partial charge in [-0.3, -0.25) is 0 Å². The lowest BCUT2D eigenvalue weighted by molar-refractivity contribution is 0.0601. The van der Waals surface area contributed by atoms with E-state index in [-0.39, 0.29) is 12.1 Å². The maximum absolute atomic E-state index is 11.9. The molecule has 2 aromatic rings. The van der Waals surface area contributed by atoms with Crippen molar-refractivity contribution in [2.45, 2.75) is 25.8 Å². The van der Waals surface area contributed by atoms with Crippen molar-refractivity contribution in [3.63, 3.8) is 0 Å². The number of anilines is 3. The van der Waals surface area contributed by atoms with E-state index in [1.807, 2.05) is 6.07 Å². The van der Waals surface area contributed by atoms with Gasteiger partial charge >= 0.3 is 12.1 Å². The number of carbonyl (C=O) groups is 2. The minimum Gasteiger partial charge on any atom is -0.465 e. The fourth-order valence-electron chi connectivity index (χ4n) is 3.15. The fraction of sp³-hybridized carbons (Fsp3) is 0.400. The van der Waals surface area contributed by atoms with Gasteiger partial charge in [0.25, 0.3) is 0 Å². The van der Waals surface area contributed by atoms with E-state index in [2.05, 4.69) is 20.6 Å². The van der Waals surface area contributed by atoms with Gasteiger partial charge < -0.3 is 25.0 Å². The third kappa shape index (κ3) is 5.34. The van der Waals surface area contributed by atoms with Gasteiger partial charge in [0.05, 0.1) is 25.0 Å². The zero-order valence-corrected chi connectivity index (χ0v) is 16.6. The molecular formula is C20H25N5O4. The third-order valence-electron chi connectivity index (χ3n) is 4.64. The van der Waals surface area contributed by atoms with Crippen LogP contribution in [0.5, 0.6) is 0 Å². The summed E-state index contributed by atoms with van der Waals surface area (Å²) in [5.74, 6) is 0.810. The van der Waals surface area contributed by atoms with Gasteiger partial charge in [0.2, 0.25) is 0 Å². The highest BCUT2D eigenvalue weighted by Gasteiger charge is 2.23. The molecule has 0 spiro atoms. The van der Waals surface area contributed by atoms with Crippen LogP contribution in [0.1, 0.15) is 30.1 Å². The normalized spacial score (nSPS) is 14.2. The lowest BCUT2D eigenvalue weighted by Gasteiger charge is -2.31. The standard InChI is InChI=1S/C20H25N5O4/c1-3-29-20(27)25-10-8-14(9-11-25)23-17-12-18(22-13-21-17)24-16-7-5-4-6-15(16)19(26)28-2/h4-7,12-14H,3,8-11H2,1-2H3,(H2,21,22,23,24). The average molecular weight is 399 g/mol. The van der Waals surface area contributed by atoms with E-state index < -0.39 is 5.97 Å². The summed E-state index contributed by atoms with van der Waals surface area (Å²) >= 11 is 0. The summed E-state index contributed by atoms with van der Waals surface area (Å²) < 4.78 is 9.87. The third-order valence-corrected chi connectivity index (χ3v) is 4.64. The number of piperidine rings is 1. The Morgan fingerprint density at radius 2 is 1.90 bits per heavy atom.